The van der Waals surface area contributed by atoms with E-state index in [1.54, 1.807) is 42.8 Å². The molecule has 0 saturated heterocycles. The Balaban J connectivity index is 1.67. The number of rotatable bonds is 4. The molecular weight excluding hydrogens is 316 g/mol. The third-order valence-electron chi connectivity index (χ3n) is 4.11. The minimum absolute atomic E-state index is 0.00398. The monoisotopic (exact) mass is 332 g/mol. The molecule has 124 valence electrons. The number of pyridine rings is 2. The Morgan fingerprint density at radius 2 is 1.96 bits per heavy atom. The summed E-state index contributed by atoms with van der Waals surface area (Å²) in [4.78, 5) is 25.3. The second-order valence-corrected chi connectivity index (χ2v) is 5.98. The summed E-state index contributed by atoms with van der Waals surface area (Å²) in [7, 11) is 3.73. The molecule has 7 heteroatoms. The third-order valence-corrected chi connectivity index (χ3v) is 4.11. The van der Waals surface area contributed by atoms with Gasteiger partial charge < -0.3 is 4.57 Å². The van der Waals surface area contributed by atoms with Crippen molar-refractivity contribution in [3.63, 3.8) is 0 Å². The summed E-state index contributed by atoms with van der Waals surface area (Å²) in [5.41, 5.74) is 4.06. The van der Waals surface area contributed by atoms with E-state index in [-0.39, 0.29) is 12.2 Å². The molecule has 0 aromatic carbocycles. The highest BCUT2D eigenvalue weighted by Crippen LogP contribution is 2.22. The fourth-order valence-electron chi connectivity index (χ4n) is 2.78. The third kappa shape index (κ3) is 2.91. The van der Waals surface area contributed by atoms with Crippen molar-refractivity contribution in [3.05, 3.63) is 60.7 Å². The second kappa shape index (κ2) is 5.94. The molecule has 4 aromatic rings. The van der Waals surface area contributed by atoms with Crippen molar-refractivity contribution < 1.29 is 4.79 Å². The van der Waals surface area contributed by atoms with Crippen LogP contribution in [-0.2, 0) is 20.5 Å². The Labute approximate surface area is 144 Å². The van der Waals surface area contributed by atoms with Crippen molar-refractivity contribution in [2.75, 3.05) is 0 Å². The number of hydrogen-bond donors (Lipinski definition) is 0. The van der Waals surface area contributed by atoms with Crippen LogP contribution in [0, 0.1) is 0 Å². The van der Waals surface area contributed by atoms with Crippen LogP contribution in [0.5, 0.6) is 0 Å². The first kappa shape index (κ1) is 15.2. The van der Waals surface area contributed by atoms with Crippen molar-refractivity contribution in [3.8, 4) is 11.3 Å². The number of ketones is 1. The highest BCUT2D eigenvalue weighted by atomic mass is 16.1. The Kier molecular flexibility index (Phi) is 3.61. The predicted octanol–water partition coefficient (Wildman–Crippen LogP) is 2.19. The van der Waals surface area contributed by atoms with Gasteiger partial charge in [-0.15, -0.1) is 0 Å². The van der Waals surface area contributed by atoms with Gasteiger partial charge in [-0.1, -0.05) is 0 Å². The molecule has 0 saturated carbocycles. The van der Waals surface area contributed by atoms with Gasteiger partial charge in [0.15, 0.2) is 5.78 Å². The summed E-state index contributed by atoms with van der Waals surface area (Å²) in [5.74, 6) is -0.00398. The van der Waals surface area contributed by atoms with Gasteiger partial charge in [0.1, 0.15) is 0 Å². The zero-order valence-corrected chi connectivity index (χ0v) is 13.9. The SMILES string of the molecule is Cn1cc(C(=O)Cc2cc3cc(-c4cncn4C)cnc3cn2)cn1. The van der Waals surface area contributed by atoms with Crippen molar-refractivity contribution in [1.29, 1.82) is 0 Å². The van der Waals surface area contributed by atoms with Gasteiger partial charge in [-0.05, 0) is 12.1 Å². The highest BCUT2D eigenvalue weighted by molar-refractivity contribution is 5.97. The number of aromatic nitrogens is 6. The van der Waals surface area contributed by atoms with Crippen molar-refractivity contribution in [2.45, 2.75) is 6.42 Å². The highest BCUT2D eigenvalue weighted by Gasteiger charge is 2.11. The molecule has 4 rings (SSSR count). The molecule has 0 amide bonds. The normalized spacial score (nSPS) is 11.1. The molecule has 0 aliphatic heterocycles. The lowest BCUT2D eigenvalue weighted by Crippen LogP contribution is -2.04. The maximum atomic E-state index is 12.3. The van der Waals surface area contributed by atoms with E-state index in [0.717, 1.165) is 22.2 Å². The van der Waals surface area contributed by atoms with Crippen LogP contribution in [0.1, 0.15) is 16.1 Å². The molecule has 0 spiro atoms. The minimum Gasteiger partial charge on any atom is -0.334 e. The van der Waals surface area contributed by atoms with Crippen LogP contribution in [-0.4, -0.2) is 35.1 Å². The smallest absolute Gasteiger partial charge is 0.171 e. The van der Waals surface area contributed by atoms with Crippen LogP contribution in [0.3, 0.4) is 0 Å². The van der Waals surface area contributed by atoms with E-state index in [0.29, 0.717) is 11.3 Å². The van der Waals surface area contributed by atoms with E-state index >= 15 is 0 Å². The van der Waals surface area contributed by atoms with E-state index < -0.39 is 0 Å². The molecule has 0 atom stereocenters. The van der Waals surface area contributed by atoms with Gasteiger partial charge >= 0.3 is 0 Å². The predicted molar refractivity (Wildman–Crippen MR) is 93.0 cm³/mol. The summed E-state index contributed by atoms with van der Waals surface area (Å²) < 4.78 is 3.56. The zero-order valence-electron chi connectivity index (χ0n) is 13.9. The average Bonchev–Trinajstić information content (AvgIpc) is 3.22. The van der Waals surface area contributed by atoms with Gasteiger partial charge in [-0.3, -0.25) is 19.4 Å². The molecule has 0 aliphatic carbocycles. The van der Waals surface area contributed by atoms with E-state index in [1.807, 2.05) is 29.9 Å². The van der Waals surface area contributed by atoms with Crippen LogP contribution >= 0.6 is 0 Å². The molecule has 0 N–H and O–H groups in total. The maximum Gasteiger partial charge on any atom is 0.171 e. The Bertz CT molecular complexity index is 1080. The molecule has 4 heterocycles. The lowest BCUT2D eigenvalue weighted by Gasteiger charge is -2.05. The molecule has 0 fully saturated rings. The van der Waals surface area contributed by atoms with Gasteiger partial charge in [0.05, 0.1) is 48.1 Å². The molecular formula is C18H16N6O. The van der Waals surface area contributed by atoms with Crippen LogP contribution in [0.2, 0.25) is 0 Å². The fraction of sp³-hybridized carbons (Fsp3) is 0.167. The van der Waals surface area contributed by atoms with Crippen LogP contribution < -0.4 is 0 Å². The summed E-state index contributed by atoms with van der Waals surface area (Å²) in [6, 6.07) is 3.95. The van der Waals surface area contributed by atoms with Crippen LogP contribution in [0.4, 0.5) is 0 Å². The molecule has 0 bridgehead atoms. The van der Waals surface area contributed by atoms with Crippen molar-refractivity contribution in [2.24, 2.45) is 14.1 Å². The lowest BCUT2D eigenvalue weighted by molar-refractivity contribution is 0.0992. The molecule has 0 radical (unpaired) electrons. The van der Waals surface area contributed by atoms with Gasteiger partial charge in [-0.2, -0.15) is 5.10 Å². The second-order valence-electron chi connectivity index (χ2n) is 5.98. The number of aryl methyl sites for hydroxylation is 2. The quantitative estimate of drug-likeness (QED) is 0.535. The number of nitrogens with zero attached hydrogens (tertiary/aromatic N) is 6. The largest absolute Gasteiger partial charge is 0.334 e. The summed E-state index contributed by atoms with van der Waals surface area (Å²) in [5, 5.41) is 4.98. The average molecular weight is 332 g/mol. The molecule has 4 aromatic heterocycles. The maximum absolute atomic E-state index is 12.3. The topological polar surface area (TPSA) is 78.5 Å². The summed E-state index contributed by atoms with van der Waals surface area (Å²) in [6.07, 6.45) is 10.6. The molecule has 25 heavy (non-hydrogen) atoms. The van der Waals surface area contributed by atoms with Crippen LogP contribution in [0.25, 0.3) is 22.2 Å². The van der Waals surface area contributed by atoms with Gasteiger partial charge in [0.25, 0.3) is 0 Å². The fourth-order valence-corrected chi connectivity index (χ4v) is 2.78. The van der Waals surface area contributed by atoms with E-state index in [1.165, 1.54) is 0 Å². The van der Waals surface area contributed by atoms with Crippen molar-refractivity contribution in [1.82, 2.24) is 29.3 Å². The number of hydrogen-bond acceptors (Lipinski definition) is 5. The first-order valence-corrected chi connectivity index (χ1v) is 7.83. The van der Waals surface area contributed by atoms with E-state index in [9.17, 15) is 4.79 Å². The molecule has 7 nitrogen and oxygen atoms in total. The Morgan fingerprint density at radius 3 is 2.68 bits per heavy atom. The van der Waals surface area contributed by atoms with Crippen molar-refractivity contribution >= 4 is 16.7 Å². The molecule has 0 aliphatic rings. The number of Topliss-reactive ketones (excluding diaryl/α,β-unsaturated/α-hetero) is 1. The first-order valence-electron chi connectivity index (χ1n) is 7.83. The zero-order chi connectivity index (χ0) is 17.4. The first-order chi connectivity index (χ1) is 12.1. The van der Waals surface area contributed by atoms with Crippen LogP contribution in [0.15, 0.2) is 49.4 Å². The van der Waals surface area contributed by atoms with Gasteiger partial charge in [-0.25, -0.2) is 4.98 Å². The summed E-state index contributed by atoms with van der Waals surface area (Å²) >= 11 is 0. The number of carbonyl (C=O) groups excluding carboxylic acids is 1. The molecule has 0 unspecified atom stereocenters. The number of fused-ring (bicyclic) bond motifs is 1. The van der Waals surface area contributed by atoms with E-state index in [2.05, 4.69) is 20.1 Å². The minimum atomic E-state index is -0.00398. The standard InChI is InChI=1S/C18H16N6O/c1-23-11-19-9-17(23)13-3-12-4-15(20-8-16(12)21-6-13)5-18(25)14-7-22-24(2)10-14/h3-4,6-11H,5H2,1-2H3. The van der Waals surface area contributed by atoms with E-state index in [4.69, 9.17) is 0 Å². The van der Waals surface area contributed by atoms with Gasteiger partial charge in [0.2, 0.25) is 0 Å². The summed E-state index contributed by atoms with van der Waals surface area (Å²) in [6.45, 7) is 0. The Morgan fingerprint density at radius 1 is 1.08 bits per heavy atom. The number of imidazole rings is 1. The Hall–Kier alpha value is -3.35. The number of carbonyl (C=O) groups is 1. The lowest BCUT2D eigenvalue weighted by atomic mass is 10.1. The van der Waals surface area contributed by atoms with Gasteiger partial charge in [0, 0.05) is 43.1 Å².